The van der Waals surface area contributed by atoms with E-state index in [2.05, 4.69) is 42.9 Å². The number of hydrogen-bond donors (Lipinski definition) is 1. The minimum Gasteiger partial charge on any atom is -0.477 e. The summed E-state index contributed by atoms with van der Waals surface area (Å²) in [6.45, 7) is 0. The van der Waals surface area contributed by atoms with Crippen LogP contribution in [-0.4, -0.2) is 30.7 Å². The Bertz CT molecular complexity index is 1490. The summed E-state index contributed by atoms with van der Waals surface area (Å²) in [5, 5.41) is 19.4. The van der Waals surface area contributed by atoms with E-state index in [-0.39, 0.29) is 25.8 Å². The van der Waals surface area contributed by atoms with Crippen LogP contribution in [0, 0.1) is 0 Å². The number of nitrogens with zero attached hydrogens (tertiary/aromatic N) is 5. The quantitative estimate of drug-likeness (QED) is 0.299. The molecule has 1 N–H and O–H groups in total. The Kier molecular flexibility index (Phi) is 6.92. The van der Waals surface area contributed by atoms with Gasteiger partial charge in [-0.05, 0) is 41.0 Å². The van der Waals surface area contributed by atoms with Crippen molar-refractivity contribution in [2.24, 2.45) is 0 Å². The van der Waals surface area contributed by atoms with Crippen molar-refractivity contribution in [2.45, 2.75) is 0 Å². The molecule has 0 amide bonds. The molecule has 0 unspecified atom stereocenters. The summed E-state index contributed by atoms with van der Waals surface area (Å²) in [6, 6.07) is 29.2. The van der Waals surface area contributed by atoms with Gasteiger partial charge in [-0.15, -0.1) is 0 Å². The second-order valence-corrected chi connectivity index (χ2v) is 7.20. The molecule has 6 aromatic rings. The fourth-order valence-electron chi connectivity index (χ4n) is 3.66. The predicted molar refractivity (Wildman–Crippen MR) is 126 cm³/mol. The first kappa shape index (κ1) is 23.0. The second kappa shape index (κ2) is 10.2. The van der Waals surface area contributed by atoms with E-state index in [0.717, 1.165) is 33.6 Å². The third-order valence-electron chi connectivity index (χ3n) is 5.14. The molecular formula is C26H18IrN5O2-. The first-order valence-corrected chi connectivity index (χ1v) is 10.3. The van der Waals surface area contributed by atoms with Gasteiger partial charge in [-0.1, -0.05) is 66.7 Å². The fraction of sp³-hybridized carbons (Fsp3) is 0. The Morgan fingerprint density at radius 1 is 0.794 bits per heavy atom. The number of hydrogen-bond acceptors (Lipinski definition) is 4. The Hall–Kier alpha value is -4.13. The smallest absolute Gasteiger partial charge is 0.354 e. The Balaban J connectivity index is 0.000000234. The summed E-state index contributed by atoms with van der Waals surface area (Å²) in [5.41, 5.74) is 4.00. The molecule has 0 bridgehead atoms. The molecule has 1 radical (unpaired) electrons. The molecule has 0 fully saturated rings. The van der Waals surface area contributed by atoms with Gasteiger partial charge in [0.1, 0.15) is 5.69 Å². The van der Waals surface area contributed by atoms with E-state index in [1.807, 2.05) is 60.8 Å². The average Bonchev–Trinajstić information content (AvgIpc) is 3.48. The van der Waals surface area contributed by atoms with E-state index in [9.17, 15) is 4.79 Å². The number of pyridine rings is 2. The topological polar surface area (TPSA) is 95.0 Å². The number of aromatic carboxylic acids is 1. The number of carboxylic acid groups (broad SMARTS) is 1. The van der Waals surface area contributed by atoms with Crippen molar-refractivity contribution in [1.29, 1.82) is 0 Å². The number of carboxylic acids is 1. The summed E-state index contributed by atoms with van der Waals surface area (Å²) >= 11 is 0. The monoisotopic (exact) mass is 625 g/mol. The van der Waals surface area contributed by atoms with Crippen LogP contribution < -0.4 is 5.10 Å². The molecule has 0 aliphatic carbocycles. The van der Waals surface area contributed by atoms with Crippen LogP contribution in [0.25, 0.3) is 39.0 Å². The molecule has 6 rings (SSSR count). The SMILES string of the molecule is O=C(O)c1ccccn1.[Ir].c1ccc(-c2cc(-n3c4ccccc4c4cccnc43)[n-]n2)cc1. The molecule has 169 valence electrons. The van der Waals surface area contributed by atoms with Crippen molar-refractivity contribution in [3.8, 4) is 17.1 Å². The maximum Gasteiger partial charge on any atom is 0.354 e. The van der Waals surface area contributed by atoms with E-state index in [1.54, 1.807) is 12.1 Å². The zero-order valence-electron chi connectivity index (χ0n) is 17.7. The number of aromatic nitrogens is 5. The first-order chi connectivity index (χ1) is 16.2. The third-order valence-corrected chi connectivity index (χ3v) is 5.14. The summed E-state index contributed by atoms with van der Waals surface area (Å²) in [4.78, 5) is 18.3. The molecule has 8 heteroatoms. The fourth-order valence-corrected chi connectivity index (χ4v) is 3.66. The number of carbonyl (C=O) groups is 1. The molecule has 0 aliphatic heterocycles. The van der Waals surface area contributed by atoms with E-state index in [4.69, 9.17) is 5.11 Å². The molecule has 4 heterocycles. The maximum atomic E-state index is 10.1. The second-order valence-electron chi connectivity index (χ2n) is 7.20. The molecule has 2 aromatic carbocycles. The van der Waals surface area contributed by atoms with Gasteiger partial charge in [-0.2, -0.15) is 0 Å². The van der Waals surface area contributed by atoms with Crippen molar-refractivity contribution in [2.75, 3.05) is 0 Å². The van der Waals surface area contributed by atoms with Crippen molar-refractivity contribution >= 4 is 27.9 Å². The normalized spacial score (nSPS) is 10.4. The summed E-state index contributed by atoms with van der Waals surface area (Å²) in [6.07, 6.45) is 3.26. The van der Waals surface area contributed by atoms with E-state index < -0.39 is 5.97 Å². The van der Waals surface area contributed by atoms with Gasteiger partial charge >= 0.3 is 5.97 Å². The van der Waals surface area contributed by atoms with Crippen molar-refractivity contribution in [3.05, 3.63) is 109 Å². The van der Waals surface area contributed by atoms with Crippen LogP contribution in [0.2, 0.25) is 0 Å². The Labute approximate surface area is 208 Å². The van der Waals surface area contributed by atoms with Crippen LogP contribution in [0.3, 0.4) is 0 Å². The van der Waals surface area contributed by atoms with Gasteiger partial charge < -0.3 is 14.8 Å². The first-order valence-electron chi connectivity index (χ1n) is 10.3. The van der Waals surface area contributed by atoms with Crippen LogP contribution >= 0.6 is 0 Å². The largest absolute Gasteiger partial charge is 0.477 e. The molecule has 4 aromatic heterocycles. The molecule has 0 atom stereocenters. The van der Waals surface area contributed by atoms with Gasteiger partial charge in [0.2, 0.25) is 0 Å². The molecule has 0 saturated carbocycles. The number of para-hydroxylation sites is 1. The van der Waals surface area contributed by atoms with Gasteiger partial charge in [0.25, 0.3) is 0 Å². The third kappa shape index (κ3) is 4.50. The van der Waals surface area contributed by atoms with E-state index >= 15 is 0 Å². The van der Waals surface area contributed by atoms with Gasteiger partial charge in [-0.25, -0.2) is 9.78 Å². The average molecular weight is 625 g/mol. The van der Waals surface area contributed by atoms with Crippen molar-refractivity contribution in [1.82, 2.24) is 24.7 Å². The molecule has 7 nitrogen and oxygen atoms in total. The van der Waals surface area contributed by atoms with E-state index in [0.29, 0.717) is 0 Å². The molecule has 0 aliphatic rings. The summed E-state index contributed by atoms with van der Waals surface area (Å²) in [7, 11) is 0. The van der Waals surface area contributed by atoms with Crippen LogP contribution in [-0.2, 0) is 20.1 Å². The van der Waals surface area contributed by atoms with E-state index in [1.165, 1.54) is 17.6 Å². The van der Waals surface area contributed by atoms with Crippen molar-refractivity contribution < 1.29 is 30.0 Å². The summed E-state index contributed by atoms with van der Waals surface area (Å²) < 4.78 is 2.07. The minimum atomic E-state index is -0.990. The van der Waals surface area contributed by atoms with Crippen LogP contribution in [0.4, 0.5) is 0 Å². The van der Waals surface area contributed by atoms with Crippen LogP contribution in [0.5, 0.6) is 0 Å². The van der Waals surface area contributed by atoms with Crippen LogP contribution in [0.15, 0.2) is 103 Å². The van der Waals surface area contributed by atoms with Crippen LogP contribution in [0.1, 0.15) is 10.5 Å². The van der Waals surface area contributed by atoms with Gasteiger partial charge in [0, 0.05) is 43.4 Å². The van der Waals surface area contributed by atoms with Gasteiger partial charge in [0.15, 0.2) is 0 Å². The molecule has 0 saturated heterocycles. The van der Waals surface area contributed by atoms with Crippen molar-refractivity contribution in [3.63, 3.8) is 0 Å². The Morgan fingerprint density at radius 2 is 1.50 bits per heavy atom. The molecule has 0 spiro atoms. The molecular weight excluding hydrogens is 607 g/mol. The number of benzene rings is 2. The van der Waals surface area contributed by atoms with Gasteiger partial charge in [-0.3, -0.25) is 10.1 Å². The Morgan fingerprint density at radius 3 is 2.24 bits per heavy atom. The molecule has 34 heavy (non-hydrogen) atoms. The number of fused-ring (bicyclic) bond motifs is 3. The van der Waals surface area contributed by atoms with Gasteiger partial charge in [0.05, 0.1) is 11.3 Å². The predicted octanol–water partition coefficient (Wildman–Crippen LogP) is 4.98. The zero-order valence-corrected chi connectivity index (χ0v) is 20.1. The number of rotatable bonds is 3. The zero-order chi connectivity index (χ0) is 22.6. The maximum absolute atomic E-state index is 10.1. The standard InChI is InChI=1S/C20H13N4.C6H5NO2.Ir/c1-2-7-14(8-3-1)17-13-19(23-22-17)24-18-11-5-4-9-15(18)16-10-6-12-21-20(16)24;8-6(9)5-3-1-2-4-7-5;/h1-13H;1-4H,(H,8,9);/q-1;;. The minimum absolute atomic E-state index is 0. The summed E-state index contributed by atoms with van der Waals surface area (Å²) in [5.74, 6) is -0.200.